The Morgan fingerprint density at radius 2 is 1.92 bits per heavy atom. The van der Waals surface area contributed by atoms with Crippen LogP contribution in [0.15, 0.2) is 39.3 Å². The minimum absolute atomic E-state index is 0.0846. The lowest BCUT2D eigenvalue weighted by Gasteiger charge is -2.05. The Balaban J connectivity index is 2.13. The Morgan fingerprint density at radius 1 is 1.25 bits per heavy atom. The number of halogens is 2. The van der Waals surface area contributed by atoms with Crippen LogP contribution in [0.4, 0.5) is 5.69 Å². The molecule has 1 amide bonds. The van der Waals surface area contributed by atoms with Gasteiger partial charge in [0.15, 0.2) is 0 Å². The topological polar surface area (TPSA) is 75.6 Å². The molecule has 2 aromatic rings. The van der Waals surface area contributed by atoms with Crippen LogP contribution in [0, 0.1) is 0 Å². The van der Waals surface area contributed by atoms with Gasteiger partial charge in [0.05, 0.1) is 27.3 Å². The van der Waals surface area contributed by atoms with Crippen LogP contribution in [-0.4, -0.2) is 24.1 Å². The summed E-state index contributed by atoms with van der Waals surface area (Å²) in [6.45, 7) is 0. The SMILES string of the molecule is COC(=O)c1cccc2c1NC(=O)C2=Cc1cc(Br)c(O)c(Br)c1. The maximum Gasteiger partial charge on any atom is 0.339 e. The molecule has 2 aromatic carbocycles. The molecule has 0 unspecified atom stereocenters. The molecule has 1 aliphatic heterocycles. The molecule has 0 saturated carbocycles. The first kappa shape index (κ1) is 16.7. The number of phenolic OH excluding ortho intramolecular Hbond substituents is 1. The molecule has 0 bridgehead atoms. The van der Waals surface area contributed by atoms with E-state index in [1.807, 2.05) is 0 Å². The number of benzene rings is 2. The van der Waals surface area contributed by atoms with Gasteiger partial charge in [-0.3, -0.25) is 4.79 Å². The summed E-state index contributed by atoms with van der Waals surface area (Å²) in [4.78, 5) is 24.2. The fraction of sp³-hybridized carbons (Fsp3) is 0.0588. The number of hydrogen-bond acceptors (Lipinski definition) is 4. The molecular formula is C17H11Br2NO4. The van der Waals surface area contributed by atoms with Gasteiger partial charge in [-0.2, -0.15) is 0 Å². The number of anilines is 1. The van der Waals surface area contributed by atoms with Gasteiger partial charge in [-0.15, -0.1) is 0 Å². The van der Waals surface area contributed by atoms with Crippen molar-refractivity contribution in [2.24, 2.45) is 0 Å². The quantitative estimate of drug-likeness (QED) is 0.529. The van der Waals surface area contributed by atoms with Crippen molar-refractivity contribution in [1.82, 2.24) is 0 Å². The molecule has 0 radical (unpaired) electrons. The third kappa shape index (κ3) is 2.85. The standard InChI is InChI=1S/C17H11Br2NO4/c1-24-17(23)10-4-2-3-9-11(16(22)20-14(9)10)5-8-6-12(18)15(21)13(19)7-8/h2-7,21H,1H3,(H,20,22). The van der Waals surface area contributed by atoms with Crippen molar-refractivity contribution in [1.29, 1.82) is 0 Å². The monoisotopic (exact) mass is 451 g/mol. The molecule has 0 aromatic heterocycles. The van der Waals surface area contributed by atoms with Crippen molar-refractivity contribution in [3.8, 4) is 5.75 Å². The van der Waals surface area contributed by atoms with Crippen molar-refractivity contribution in [3.63, 3.8) is 0 Å². The Kier molecular flexibility index (Phi) is 4.47. The van der Waals surface area contributed by atoms with Crippen LogP contribution >= 0.6 is 31.9 Å². The first-order valence-electron chi connectivity index (χ1n) is 6.85. The summed E-state index contributed by atoms with van der Waals surface area (Å²) < 4.78 is 5.76. The number of para-hydroxylation sites is 1. The summed E-state index contributed by atoms with van der Waals surface area (Å²) in [6.07, 6.45) is 1.69. The number of hydrogen-bond donors (Lipinski definition) is 2. The summed E-state index contributed by atoms with van der Waals surface area (Å²) in [5.74, 6) is -0.730. The molecule has 1 aliphatic rings. The smallest absolute Gasteiger partial charge is 0.339 e. The maximum absolute atomic E-state index is 12.3. The van der Waals surface area contributed by atoms with Gasteiger partial charge in [-0.25, -0.2) is 4.79 Å². The van der Waals surface area contributed by atoms with Crippen molar-refractivity contribution in [3.05, 3.63) is 56.0 Å². The van der Waals surface area contributed by atoms with E-state index >= 15 is 0 Å². The van der Waals surface area contributed by atoms with Gasteiger partial charge < -0.3 is 15.2 Å². The van der Waals surface area contributed by atoms with Gasteiger partial charge in [-0.1, -0.05) is 12.1 Å². The molecule has 5 nitrogen and oxygen atoms in total. The van der Waals surface area contributed by atoms with Crippen molar-refractivity contribution >= 4 is 61.1 Å². The van der Waals surface area contributed by atoms with Crippen LogP contribution in [-0.2, 0) is 9.53 Å². The number of carbonyl (C=O) groups is 2. The number of esters is 1. The zero-order valence-corrected chi connectivity index (χ0v) is 15.6. The number of methoxy groups -OCH3 is 1. The Bertz CT molecular complexity index is 882. The number of phenols is 1. The highest BCUT2D eigenvalue weighted by Crippen LogP contribution is 2.38. The molecule has 7 heteroatoms. The first-order chi connectivity index (χ1) is 11.4. The van der Waals surface area contributed by atoms with Gasteiger partial charge >= 0.3 is 5.97 Å². The van der Waals surface area contributed by atoms with Crippen LogP contribution in [0.5, 0.6) is 5.75 Å². The van der Waals surface area contributed by atoms with E-state index in [4.69, 9.17) is 4.74 Å². The predicted molar refractivity (Wildman–Crippen MR) is 97.8 cm³/mol. The molecule has 1 heterocycles. The highest BCUT2D eigenvalue weighted by Gasteiger charge is 2.28. The minimum atomic E-state index is -0.511. The zero-order chi connectivity index (χ0) is 17.4. The van der Waals surface area contributed by atoms with Gasteiger partial charge in [0.25, 0.3) is 5.91 Å². The van der Waals surface area contributed by atoms with Crippen molar-refractivity contribution < 1.29 is 19.4 Å². The summed E-state index contributed by atoms with van der Waals surface area (Å²) in [5, 5.41) is 12.5. The number of amides is 1. The lowest BCUT2D eigenvalue weighted by atomic mass is 10.0. The molecule has 0 saturated heterocycles. The summed E-state index contributed by atoms with van der Waals surface area (Å²) in [5.41, 5.74) is 2.52. The number of carbonyl (C=O) groups excluding carboxylic acids is 2. The Morgan fingerprint density at radius 3 is 2.54 bits per heavy atom. The number of fused-ring (bicyclic) bond motifs is 1. The molecule has 0 fully saturated rings. The molecule has 0 aliphatic carbocycles. The van der Waals surface area contributed by atoms with Gasteiger partial charge in [-0.05, 0) is 61.7 Å². The molecule has 3 rings (SSSR count). The van der Waals surface area contributed by atoms with Gasteiger partial charge in [0.1, 0.15) is 5.75 Å². The highest BCUT2D eigenvalue weighted by molar-refractivity contribution is 9.11. The van der Waals surface area contributed by atoms with Gasteiger partial charge in [0, 0.05) is 11.1 Å². The number of rotatable bonds is 2. The molecule has 122 valence electrons. The van der Waals surface area contributed by atoms with E-state index in [0.29, 0.717) is 36.9 Å². The van der Waals surface area contributed by atoms with E-state index in [1.165, 1.54) is 7.11 Å². The van der Waals surface area contributed by atoms with Crippen molar-refractivity contribution in [2.45, 2.75) is 0 Å². The molecular weight excluding hydrogens is 442 g/mol. The molecule has 2 N–H and O–H groups in total. The summed E-state index contributed by atoms with van der Waals surface area (Å²) in [6, 6.07) is 8.45. The third-order valence-corrected chi connectivity index (χ3v) is 4.80. The maximum atomic E-state index is 12.3. The van der Waals surface area contributed by atoms with Gasteiger partial charge in [0.2, 0.25) is 0 Å². The number of aromatic hydroxyl groups is 1. The second-order valence-electron chi connectivity index (χ2n) is 5.07. The fourth-order valence-electron chi connectivity index (χ4n) is 2.47. The highest BCUT2D eigenvalue weighted by atomic mass is 79.9. The van der Waals surface area contributed by atoms with Crippen LogP contribution in [0.1, 0.15) is 21.5 Å². The van der Waals surface area contributed by atoms with Crippen LogP contribution < -0.4 is 5.32 Å². The van der Waals surface area contributed by atoms with E-state index in [1.54, 1.807) is 36.4 Å². The minimum Gasteiger partial charge on any atom is -0.506 e. The lowest BCUT2D eigenvalue weighted by molar-refractivity contribution is -0.110. The van der Waals surface area contributed by atoms with Crippen LogP contribution in [0.25, 0.3) is 11.6 Å². The second-order valence-corrected chi connectivity index (χ2v) is 6.77. The first-order valence-corrected chi connectivity index (χ1v) is 8.43. The average Bonchev–Trinajstić information content (AvgIpc) is 2.87. The summed E-state index contributed by atoms with van der Waals surface area (Å²) >= 11 is 6.52. The predicted octanol–water partition coefficient (Wildman–Crippen LogP) is 4.20. The second kappa shape index (κ2) is 6.41. The Labute approximate surface area is 154 Å². The summed E-state index contributed by atoms with van der Waals surface area (Å²) in [7, 11) is 1.29. The number of nitrogens with one attached hydrogen (secondary N) is 1. The lowest BCUT2D eigenvalue weighted by Crippen LogP contribution is -2.08. The normalized spacial score (nSPS) is 14.5. The van der Waals surface area contributed by atoms with Crippen LogP contribution in [0.3, 0.4) is 0 Å². The fourth-order valence-corrected chi connectivity index (χ4v) is 3.69. The Hall–Kier alpha value is -2.12. The zero-order valence-electron chi connectivity index (χ0n) is 12.4. The third-order valence-electron chi connectivity index (χ3n) is 3.59. The van der Waals surface area contributed by atoms with E-state index < -0.39 is 5.97 Å². The van der Waals surface area contributed by atoms with E-state index in [9.17, 15) is 14.7 Å². The number of ether oxygens (including phenoxy) is 1. The van der Waals surface area contributed by atoms with E-state index in [2.05, 4.69) is 37.2 Å². The van der Waals surface area contributed by atoms with E-state index in [-0.39, 0.29) is 11.7 Å². The van der Waals surface area contributed by atoms with Crippen molar-refractivity contribution in [2.75, 3.05) is 12.4 Å². The molecule has 24 heavy (non-hydrogen) atoms. The average molecular weight is 453 g/mol. The van der Waals surface area contributed by atoms with E-state index in [0.717, 1.165) is 0 Å². The largest absolute Gasteiger partial charge is 0.506 e. The molecule has 0 spiro atoms. The van der Waals surface area contributed by atoms with Crippen LogP contribution in [0.2, 0.25) is 0 Å². The molecule has 0 atom stereocenters.